The number of halogens is 1. The predicted molar refractivity (Wildman–Crippen MR) is 72.4 cm³/mol. The van der Waals surface area contributed by atoms with Crippen molar-refractivity contribution in [3.8, 4) is 0 Å². The van der Waals surface area contributed by atoms with E-state index >= 15 is 0 Å². The fourth-order valence-electron chi connectivity index (χ4n) is 2.28. The van der Waals surface area contributed by atoms with Crippen LogP contribution in [0.15, 0.2) is 10.6 Å². The first-order chi connectivity index (χ1) is 8.60. The molecule has 0 bridgehead atoms. The van der Waals surface area contributed by atoms with Crippen LogP contribution in [-0.4, -0.2) is 48.2 Å². The van der Waals surface area contributed by atoms with Crippen LogP contribution in [0.4, 0.5) is 0 Å². The number of carbonyl (C=O) groups excluding carboxylic acids is 1. The second kappa shape index (κ2) is 6.88. The van der Waals surface area contributed by atoms with Crippen LogP contribution in [0.25, 0.3) is 0 Å². The molecule has 0 spiro atoms. The van der Waals surface area contributed by atoms with Crippen molar-refractivity contribution < 1.29 is 14.1 Å². The standard InChI is InChI=1S/C12H19N3O3.ClH/c1-8-5-15(6-9(2)13-8)12(16)11-4-10(7-17-3)18-14-11;/h4,8-9,13H,5-7H2,1-3H3;1H. The van der Waals surface area contributed by atoms with Crippen molar-refractivity contribution in [2.75, 3.05) is 20.2 Å². The van der Waals surface area contributed by atoms with E-state index in [1.807, 2.05) is 0 Å². The zero-order valence-corrected chi connectivity index (χ0v) is 12.2. The molecule has 1 amide bonds. The number of carbonyl (C=O) groups is 1. The number of nitrogens with one attached hydrogen (secondary N) is 1. The molecule has 0 aromatic carbocycles. The number of rotatable bonds is 3. The first kappa shape index (κ1) is 15.9. The first-order valence-corrected chi connectivity index (χ1v) is 6.10. The normalized spacial score (nSPS) is 23.0. The van der Waals surface area contributed by atoms with Crippen molar-refractivity contribution in [1.82, 2.24) is 15.4 Å². The Labute approximate surface area is 118 Å². The molecule has 0 aliphatic carbocycles. The molecule has 0 radical (unpaired) electrons. The van der Waals surface area contributed by atoms with Crippen LogP contribution in [0.2, 0.25) is 0 Å². The maximum absolute atomic E-state index is 12.2. The van der Waals surface area contributed by atoms with E-state index in [9.17, 15) is 4.79 Å². The molecule has 2 unspecified atom stereocenters. The quantitative estimate of drug-likeness (QED) is 0.901. The number of piperazine rings is 1. The highest BCUT2D eigenvalue weighted by molar-refractivity contribution is 5.92. The molecule has 2 atom stereocenters. The lowest BCUT2D eigenvalue weighted by atomic mass is 10.1. The summed E-state index contributed by atoms with van der Waals surface area (Å²) < 4.78 is 9.96. The van der Waals surface area contributed by atoms with Crippen molar-refractivity contribution in [3.05, 3.63) is 17.5 Å². The van der Waals surface area contributed by atoms with Crippen molar-refractivity contribution in [2.24, 2.45) is 0 Å². The summed E-state index contributed by atoms with van der Waals surface area (Å²) in [4.78, 5) is 14.0. The van der Waals surface area contributed by atoms with Crippen LogP contribution in [0, 0.1) is 0 Å². The fourth-order valence-corrected chi connectivity index (χ4v) is 2.28. The number of hydrogen-bond acceptors (Lipinski definition) is 5. The summed E-state index contributed by atoms with van der Waals surface area (Å²) in [6, 6.07) is 2.23. The van der Waals surface area contributed by atoms with Gasteiger partial charge < -0.3 is 19.5 Å². The fraction of sp³-hybridized carbons (Fsp3) is 0.667. The molecule has 2 heterocycles. The van der Waals surface area contributed by atoms with Gasteiger partial charge in [0.1, 0.15) is 6.61 Å². The van der Waals surface area contributed by atoms with E-state index in [0.717, 1.165) is 0 Å². The van der Waals surface area contributed by atoms with E-state index in [1.54, 1.807) is 18.1 Å². The van der Waals surface area contributed by atoms with Crippen molar-refractivity contribution >= 4 is 18.3 Å². The summed E-state index contributed by atoms with van der Waals surface area (Å²) >= 11 is 0. The lowest BCUT2D eigenvalue weighted by molar-refractivity contribution is 0.0663. The first-order valence-electron chi connectivity index (χ1n) is 6.10. The summed E-state index contributed by atoms with van der Waals surface area (Å²) in [7, 11) is 1.57. The van der Waals surface area contributed by atoms with Gasteiger partial charge in [0, 0.05) is 38.3 Å². The number of hydrogen-bond donors (Lipinski definition) is 1. The third kappa shape index (κ3) is 3.92. The van der Waals surface area contributed by atoms with Gasteiger partial charge in [-0.25, -0.2) is 0 Å². The molecule has 2 rings (SSSR count). The maximum atomic E-state index is 12.2. The number of methoxy groups -OCH3 is 1. The minimum atomic E-state index is -0.0821. The number of nitrogens with zero attached hydrogens (tertiary/aromatic N) is 2. The highest BCUT2D eigenvalue weighted by Gasteiger charge is 2.27. The van der Waals surface area contributed by atoms with Gasteiger partial charge in [0.05, 0.1) is 0 Å². The molecule has 1 aromatic rings. The van der Waals surface area contributed by atoms with Crippen molar-refractivity contribution in [3.63, 3.8) is 0 Å². The maximum Gasteiger partial charge on any atom is 0.276 e. The molecule has 1 N–H and O–H groups in total. The number of amides is 1. The monoisotopic (exact) mass is 289 g/mol. The van der Waals surface area contributed by atoms with Gasteiger partial charge in [-0.05, 0) is 13.8 Å². The molecule has 1 aliphatic heterocycles. The van der Waals surface area contributed by atoms with Gasteiger partial charge in [0.25, 0.3) is 5.91 Å². The van der Waals surface area contributed by atoms with Gasteiger partial charge >= 0.3 is 0 Å². The van der Waals surface area contributed by atoms with Crippen molar-refractivity contribution in [1.29, 1.82) is 0 Å². The van der Waals surface area contributed by atoms with Gasteiger partial charge in [-0.3, -0.25) is 4.79 Å². The molecule has 7 heteroatoms. The van der Waals surface area contributed by atoms with Gasteiger partial charge in [0.2, 0.25) is 0 Å². The van der Waals surface area contributed by atoms with E-state index < -0.39 is 0 Å². The van der Waals surface area contributed by atoms with Gasteiger partial charge in [-0.1, -0.05) is 5.16 Å². The van der Waals surface area contributed by atoms with Crippen LogP contribution in [0.3, 0.4) is 0 Å². The molecule has 19 heavy (non-hydrogen) atoms. The number of ether oxygens (including phenoxy) is 1. The van der Waals surface area contributed by atoms with E-state index in [0.29, 0.717) is 43.2 Å². The van der Waals surface area contributed by atoms with Crippen molar-refractivity contribution in [2.45, 2.75) is 32.5 Å². The minimum Gasteiger partial charge on any atom is -0.377 e. The minimum absolute atomic E-state index is 0. The summed E-state index contributed by atoms with van der Waals surface area (Å²) in [5, 5.41) is 7.18. The zero-order valence-electron chi connectivity index (χ0n) is 11.4. The SMILES string of the molecule is COCc1cc(C(=O)N2CC(C)NC(C)C2)no1.Cl. The molecule has 6 nitrogen and oxygen atoms in total. The topological polar surface area (TPSA) is 67.6 Å². The van der Waals surface area contributed by atoms with E-state index in [2.05, 4.69) is 24.3 Å². The van der Waals surface area contributed by atoms with Gasteiger partial charge in [-0.15, -0.1) is 12.4 Å². The second-order valence-electron chi connectivity index (χ2n) is 4.79. The summed E-state index contributed by atoms with van der Waals surface area (Å²) in [5.41, 5.74) is 0.350. The lowest BCUT2D eigenvalue weighted by Gasteiger charge is -2.35. The molecular formula is C12H20ClN3O3. The molecule has 1 aliphatic rings. The average molecular weight is 290 g/mol. The molecule has 1 saturated heterocycles. The Balaban J connectivity index is 0.00000180. The molecule has 1 fully saturated rings. The molecule has 1 aromatic heterocycles. The molecular weight excluding hydrogens is 270 g/mol. The highest BCUT2D eigenvalue weighted by atomic mass is 35.5. The van der Waals surface area contributed by atoms with Crippen LogP contribution < -0.4 is 5.32 Å². The van der Waals surface area contributed by atoms with Gasteiger partial charge in [0.15, 0.2) is 11.5 Å². The lowest BCUT2D eigenvalue weighted by Crippen LogP contribution is -2.55. The predicted octanol–water partition coefficient (Wildman–Crippen LogP) is 1.07. The second-order valence-corrected chi connectivity index (χ2v) is 4.79. The Morgan fingerprint density at radius 3 is 2.74 bits per heavy atom. The Hall–Kier alpha value is -1.11. The Kier molecular flexibility index (Phi) is 5.78. The number of aromatic nitrogens is 1. The van der Waals surface area contributed by atoms with E-state index in [4.69, 9.17) is 9.26 Å². The Bertz CT molecular complexity index is 414. The smallest absolute Gasteiger partial charge is 0.276 e. The summed E-state index contributed by atoms with van der Waals surface area (Å²) in [6.07, 6.45) is 0. The zero-order chi connectivity index (χ0) is 13.1. The van der Waals surface area contributed by atoms with Crippen LogP contribution >= 0.6 is 12.4 Å². The van der Waals surface area contributed by atoms with Gasteiger partial charge in [-0.2, -0.15) is 0 Å². The average Bonchev–Trinajstić information content (AvgIpc) is 2.76. The summed E-state index contributed by atoms with van der Waals surface area (Å²) in [5.74, 6) is 0.485. The Morgan fingerprint density at radius 1 is 1.53 bits per heavy atom. The molecule has 108 valence electrons. The Morgan fingerprint density at radius 2 is 2.16 bits per heavy atom. The van der Waals surface area contributed by atoms with E-state index in [1.165, 1.54) is 0 Å². The third-order valence-corrected chi connectivity index (χ3v) is 2.91. The third-order valence-electron chi connectivity index (χ3n) is 2.91. The molecule has 0 saturated carbocycles. The van der Waals surface area contributed by atoms with Crippen LogP contribution in [0.1, 0.15) is 30.1 Å². The largest absolute Gasteiger partial charge is 0.377 e. The van der Waals surface area contributed by atoms with Crippen LogP contribution in [0.5, 0.6) is 0 Å². The van der Waals surface area contributed by atoms with E-state index in [-0.39, 0.29) is 18.3 Å². The van der Waals surface area contributed by atoms with Crippen LogP contribution in [-0.2, 0) is 11.3 Å². The summed E-state index contributed by atoms with van der Waals surface area (Å²) in [6.45, 7) is 5.84. The highest BCUT2D eigenvalue weighted by Crippen LogP contribution is 2.11.